The third kappa shape index (κ3) is 5.01. The van der Waals surface area contributed by atoms with Crippen molar-refractivity contribution in [2.45, 2.75) is 23.5 Å². The van der Waals surface area contributed by atoms with Crippen LogP contribution in [0.15, 0.2) is 34.5 Å². The van der Waals surface area contributed by atoms with Crippen molar-refractivity contribution in [3.05, 3.63) is 40.4 Å². The fraction of sp³-hybridized carbons (Fsp3) is 0.214. The number of thioether (sulfide) groups is 1. The summed E-state index contributed by atoms with van der Waals surface area (Å²) >= 11 is 8.53. The highest BCUT2D eigenvalue weighted by atomic mass is 35.5. The van der Waals surface area contributed by atoms with Crippen LogP contribution in [0, 0.1) is 0 Å². The van der Waals surface area contributed by atoms with Crippen LogP contribution >= 0.6 is 34.7 Å². The average molecular weight is 356 g/mol. The van der Waals surface area contributed by atoms with Gasteiger partial charge in [-0.15, -0.1) is 23.1 Å². The summed E-state index contributed by atoms with van der Waals surface area (Å²) in [5.41, 5.74) is 5.67. The smallest absolute Gasteiger partial charge is 0.239 e. The highest BCUT2D eigenvalue weighted by molar-refractivity contribution is 8.00. The minimum atomic E-state index is -0.449. The number of benzene rings is 1. The SMILES string of the molecule is C[C@@H](Sc1ccc(Cl)cc1)C(=O)Nc1nc(CC(N)=O)cs1. The molecule has 0 radical (unpaired) electrons. The normalized spacial score (nSPS) is 11.9. The second-order valence-corrected chi connectivity index (χ2v) is 7.20. The van der Waals surface area contributed by atoms with Crippen molar-refractivity contribution in [1.29, 1.82) is 0 Å². The lowest BCUT2D eigenvalue weighted by atomic mass is 10.3. The standard InChI is InChI=1S/C14H14ClN3O2S2/c1-8(22-11-4-2-9(15)3-5-11)13(20)18-14-17-10(7-21-14)6-12(16)19/h2-5,7-8H,6H2,1H3,(H2,16,19)(H,17,18,20)/t8-/m1/s1. The fourth-order valence-electron chi connectivity index (χ4n) is 1.60. The van der Waals surface area contributed by atoms with Crippen molar-refractivity contribution in [2.24, 2.45) is 5.73 Å². The summed E-state index contributed by atoms with van der Waals surface area (Å²) in [4.78, 5) is 28.1. The molecule has 0 bridgehead atoms. The molecule has 1 aromatic heterocycles. The van der Waals surface area contributed by atoms with Crippen molar-refractivity contribution in [2.75, 3.05) is 5.32 Å². The van der Waals surface area contributed by atoms with Gasteiger partial charge >= 0.3 is 0 Å². The molecule has 1 atom stereocenters. The van der Waals surface area contributed by atoms with Crippen LogP contribution in [-0.2, 0) is 16.0 Å². The minimum absolute atomic E-state index is 0.0709. The predicted molar refractivity (Wildman–Crippen MR) is 90.4 cm³/mol. The number of aromatic nitrogens is 1. The number of thiazole rings is 1. The quantitative estimate of drug-likeness (QED) is 0.780. The second-order valence-electron chi connectivity index (χ2n) is 4.49. The van der Waals surface area contributed by atoms with Gasteiger partial charge in [-0.05, 0) is 31.2 Å². The van der Waals surface area contributed by atoms with Gasteiger partial charge in [0.25, 0.3) is 0 Å². The van der Waals surface area contributed by atoms with E-state index in [1.54, 1.807) is 17.5 Å². The van der Waals surface area contributed by atoms with Crippen LogP contribution in [0.25, 0.3) is 0 Å². The Labute approximate surface area is 141 Å². The summed E-state index contributed by atoms with van der Waals surface area (Å²) in [7, 11) is 0. The van der Waals surface area contributed by atoms with Gasteiger partial charge in [-0.25, -0.2) is 4.98 Å². The summed E-state index contributed by atoms with van der Waals surface area (Å²) in [6.45, 7) is 1.81. The number of hydrogen-bond acceptors (Lipinski definition) is 5. The number of nitrogens with one attached hydrogen (secondary N) is 1. The Morgan fingerprint density at radius 2 is 2.09 bits per heavy atom. The number of hydrogen-bond donors (Lipinski definition) is 2. The molecule has 3 N–H and O–H groups in total. The molecule has 0 fully saturated rings. The summed E-state index contributed by atoms with van der Waals surface area (Å²) in [6.07, 6.45) is 0.0709. The average Bonchev–Trinajstić information content (AvgIpc) is 2.87. The van der Waals surface area contributed by atoms with E-state index in [0.717, 1.165) is 4.90 Å². The van der Waals surface area contributed by atoms with E-state index in [9.17, 15) is 9.59 Å². The van der Waals surface area contributed by atoms with E-state index < -0.39 is 5.91 Å². The minimum Gasteiger partial charge on any atom is -0.369 e. The zero-order valence-electron chi connectivity index (χ0n) is 11.7. The Bertz CT molecular complexity index is 673. The maximum Gasteiger partial charge on any atom is 0.239 e. The van der Waals surface area contributed by atoms with Gasteiger partial charge in [-0.1, -0.05) is 11.6 Å². The summed E-state index contributed by atoms with van der Waals surface area (Å²) in [5.74, 6) is -0.602. The molecule has 0 unspecified atom stereocenters. The van der Waals surface area contributed by atoms with Crippen molar-refractivity contribution < 1.29 is 9.59 Å². The van der Waals surface area contributed by atoms with Crippen LogP contribution in [0.5, 0.6) is 0 Å². The van der Waals surface area contributed by atoms with Gasteiger partial charge in [0.05, 0.1) is 17.4 Å². The van der Waals surface area contributed by atoms with Crippen LogP contribution in [0.4, 0.5) is 5.13 Å². The molecule has 0 aliphatic rings. The molecule has 1 heterocycles. The van der Waals surface area contributed by atoms with Crippen LogP contribution in [0.2, 0.25) is 5.02 Å². The van der Waals surface area contributed by atoms with Crippen molar-refractivity contribution in [3.8, 4) is 0 Å². The number of primary amides is 1. The van der Waals surface area contributed by atoms with E-state index in [1.807, 2.05) is 19.1 Å². The van der Waals surface area contributed by atoms with Gasteiger partial charge in [0, 0.05) is 15.3 Å². The maximum atomic E-state index is 12.1. The number of anilines is 1. The van der Waals surface area contributed by atoms with E-state index in [4.69, 9.17) is 17.3 Å². The molecule has 0 aliphatic carbocycles. The lowest BCUT2D eigenvalue weighted by Gasteiger charge is -2.10. The number of nitrogens with two attached hydrogens (primary N) is 1. The first-order valence-corrected chi connectivity index (χ1v) is 8.53. The van der Waals surface area contributed by atoms with E-state index in [2.05, 4.69) is 10.3 Å². The topological polar surface area (TPSA) is 85.1 Å². The number of carbonyl (C=O) groups excluding carboxylic acids is 2. The zero-order valence-corrected chi connectivity index (χ0v) is 14.1. The molecular weight excluding hydrogens is 342 g/mol. The highest BCUT2D eigenvalue weighted by Gasteiger charge is 2.16. The Balaban J connectivity index is 1.92. The molecule has 0 aliphatic heterocycles. The van der Waals surface area contributed by atoms with Crippen molar-refractivity contribution >= 4 is 51.6 Å². The largest absolute Gasteiger partial charge is 0.369 e. The summed E-state index contributed by atoms with van der Waals surface area (Å²) in [5, 5.41) is 5.28. The Kier molecular flexibility index (Phi) is 5.82. The number of amides is 2. The van der Waals surface area contributed by atoms with Crippen LogP contribution in [0.3, 0.4) is 0 Å². The summed E-state index contributed by atoms with van der Waals surface area (Å²) < 4.78 is 0. The Hall–Kier alpha value is -1.57. The van der Waals surface area contributed by atoms with E-state index in [0.29, 0.717) is 15.8 Å². The Morgan fingerprint density at radius 1 is 1.41 bits per heavy atom. The molecular formula is C14H14ClN3O2S2. The zero-order chi connectivity index (χ0) is 16.1. The number of rotatable bonds is 6. The Morgan fingerprint density at radius 3 is 2.73 bits per heavy atom. The lowest BCUT2D eigenvalue weighted by molar-refractivity contribution is -0.117. The van der Waals surface area contributed by atoms with E-state index in [-0.39, 0.29) is 17.6 Å². The monoisotopic (exact) mass is 355 g/mol. The van der Waals surface area contributed by atoms with Gasteiger partial charge in [0.2, 0.25) is 11.8 Å². The molecule has 0 saturated carbocycles. The molecule has 2 amide bonds. The van der Waals surface area contributed by atoms with E-state index >= 15 is 0 Å². The van der Waals surface area contributed by atoms with Crippen LogP contribution < -0.4 is 11.1 Å². The first-order valence-electron chi connectivity index (χ1n) is 6.40. The van der Waals surface area contributed by atoms with Gasteiger partial charge < -0.3 is 11.1 Å². The first kappa shape index (κ1) is 16.8. The van der Waals surface area contributed by atoms with Crippen LogP contribution in [-0.4, -0.2) is 22.0 Å². The number of nitrogens with zero attached hydrogens (tertiary/aromatic N) is 1. The molecule has 8 heteroatoms. The number of carbonyl (C=O) groups is 2. The highest BCUT2D eigenvalue weighted by Crippen LogP contribution is 2.26. The van der Waals surface area contributed by atoms with E-state index in [1.165, 1.54) is 23.1 Å². The molecule has 2 rings (SSSR count). The van der Waals surface area contributed by atoms with Crippen molar-refractivity contribution in [1.82, 2.24) is 4.98 Å². The summed E-state index contributed by atoms with van der Waals surface area (Å²) in [6, 6.07) is 7.30. The molecule has 22 heavy (non-hydrogen) atoms. The third-order valence-electron chi connectivity index (χ3n) is 2.63. The van der Waals surface area contributed by atoms with Gasteiger partial charge in [0.15, 0.2) is 5.13 Å². The fourth-order valence-corrected chi connectivity index (χ4v) is 3.31. The molecule has 2 aromatic rings. The third-order valence-corrected chi connectivity index (χ3v) is 4.80. The molecule has 5 nitrogen and oxygen atoms in total. The molecule has 0 spiro atoms. The second kappa shape index (κ2) is 7.62. The maximum absolute atomic E-state index is 12.1. The lowest BCUT2D eigenvalue weighted by Crippen LogP contribution is -2.22. The first-order chi connectivity index (χ1) is 10.4. The molecule has 116 valence electrons. The number of halogens is 1. The molecule has 0 saturated heterocycles. The van der Waals surface area contributed by atoms with Gasteiger partial charge in [0.1, 0.15) is 0 Å². The van der Waals surface area contributed by atoms with Gasteiger partial charge in [-0.3, -0.25) is 9.59 Å². The van der Waals surface area contributed by atoms with Crippen LogP contribution in [0.1, 0.15) is 12.6 Å². The van der Waals surface area contributed by atoms with Gasteiger partial charge in [-0.2, -0.15) is 0 Å². The predicted octanol–water partition coefficient (Wildman–Crippen LogP) is 2.94. The molecule has 1 aromatic carbocycles. The van der Waals surface area contributed by atoms with Crippen molar-refractivity contribution in [3.63, 3.8) is 0 Å².